The van der Waals surface area contributed by atoms with Gasteiger partial charge in [-0.25, -0.2) is 9.78 Å². The molecule has 11 heteroatoms. The van der Waals surface area contributed by atoms with Gasteiger partial charge < -0.3 is 15.4 Å². The van der Waals surface area contributed by atoms with E-state index in [0.717, 1.165) is 17.8 Å². The molecule has 226 valence electrons. The average molecular weight is 605 g/mol. The Morgan fingerprint density at radius 2 is 1.93 bits per heavy atom. The number of nitrogens with zero attached hydrogens (tertiary/aromatic N) is 2. The molecule has 0 aliphatic carbocycles. The number of aromatic nitrogens is 1. The van der Waals surface area contributed by atoms with Crippen molar-refractivity contribution in [3.8, 4) is 0 Å². The molecule has 4 bridgehead atoms. The molecule has 1 aromatic heterocycles. The van der Waals surface area contributed by atoms with E-state index < -0.39 is 23.7 Å². The number of fused-ring (bicyclic) bond motifs is 4. The SMILES string of the molecule is CCCCCCCC(=O)CCC/C=C/[C@@H]1CC(=O)NCc2nc(cs2)C2=N[C@@](C)(CS2)C(=O)N[C@@H](C(C)C)C(=O)O1. The van der Waals surface area contributed by atoms with Crippen molar-refractivity contribution in [2.45, 2.75) is 116 Å². The smallest absolute Gasteiger partial charge is 0.329 e. The second-order valence-corrected chi connectivity index (χ2v) is 13.2. The van der Waals surface area contributed by atoms with Crippen LogP contribution in [0.3, 0.4) is 0 Å². The molecule has 0 saturated heterocycles. The van der Waals surface area contributed by atoms with Crippen LogP contribution in [0.1, 0.15) is 103 Å². The van der Waals surface area contributed by atoms with Gasteiger partial charge in [-0.2, -0.15) is 0 Å². The summed E-state index contributed by atoms with van der Waals surface area (Å²) in [6.07, 6.45) is 10.8. The molecule has 2 N–H and O–H groups in total. The van der Waals surface area contributed by atoms with E-state index in [-0.39, 0.29) is 36.5 Å². The van der Waals surface area contributed by atoms with Crippen molar-refractivity contribution in [2.75, 3.05) is 5.75 Å². The molecule has 41 heavy (non-hydrogen) atoms. The van der Waals surface area contributed by atoms with Crippen LogP contribution in [0.25, 0.3) is 0 Å². The Kier molecular flexibility index (Phi) is 13.0. The molecule has 0 aromatic carbocycles. The van der Waals surface area contributed by atoms with Crippen LogP contribution in [0.5, 0.6) is 0 Å². The van der Waals surface area contributed by atoms with Crippen molar-refractivity contribution in [3.63, 3.8) is 0 Å². The molecule has 2 aliphatic heterocycles. The zero-order valence-corrected chi connectivity index (χ0v) is 26.3. The molecular weight excluding hydrogens is 560 g/mol. The highest BCUT2D eigenvalue weighted by Crippen LogP contribution is 2.32. The highest BCUT2D eigenvalue weighted by atomic mass is 32.2. The van der Waals surface area contributed by atoms with E-state index in [1.54, 1.807) is 13.0 Å². The third-order valence-corrected chi connectivity index (χ3v) is 9.26. The Balaban J connectivity index is 1.66. The number of thioether (sulfide) groups is 1. The number of hydrogen-bond acceptors (Lipinski definition) is 9. The van der Waals surface area contributed by atoms with E-state index in [4.69, 9.17) is 4.74 Å². The van der Waals surface area contributed by atoms with Crippen LogP contribution in [-0.4, -0.2) is 57.0 Å². The fourth-order valence-corrected chi connectivity index (χ4v) is 6.47. The Labute approximate surface area is 251 Å². The third kappa shape index (κ3) is 10.4. The maximum absolute atomic E-state index is 13.3. The first kappa shape index (κ1) is 33.0. The summed E-state index contributed by atoms with van der Waals surface area (Å²) in [6.45, 7) is 7.84. The van der Waals surface area contributed by atoms with Crippen molar-refractivity contribution >= 4 is 51.7 Å². The summed E-state index contributed by atoms with van der Waals surface area (Å²) in [5.74, 6) is -0.749. The number of thiazole rings is 1. The number of carbonyl (C=O) groups excluding carboxylic acids is 4. The van der Waals surface area contributed by atoms with Crippen LogP contribution in [0.4, 0.5) is 0 Å². The summed E-state index contributed by atoms with van der Waals surface area (Å²) in [4.78, 5) is 60.8. The number of ketones is 1. The second-order valence-electron chi connectivity index (χ2n) is 11.3. The van der Waals surface area contributed by atoms with E-state index in [1.807, 2.05) is 25.3 Å². The molecular formula is C30H44N4O5S2. The first-order valence-electron chi connectivity index (χ1n) is 14.7. The Morgan fingerprint density at radius 3 is 2.68 bits per heavy atom. The van der Waals surface area contributed by atoms with Gasteiger partial charge in [-0.1, -0.05) is 52.5 Å². The van der Waals surface area contributed by atoms with E-state index in [2.05, 4.69) is 27.5 Å². The maximum Gasteiger partial charge on any atom is 0.329 e. The molecule has 0 unspecified atom stereocenters. The summed E-state index contributed by atoms with van der Waals surface area (Å²) >= 11 is 2.87. The largest absolute Gasteiger partial charge is 0.456 e. The standard InChI is InChI=1S/C30H44N4O5S2/c1-5-6-7-8-10-13-21(35)14-11-9-12-15-22-16-24(36)31-17-25-32-23(18-40-25)27-34-30(4,19-41-27)29(38)33-26(20(2)3)28(37)39-22/h12,15,18,20,22,26H,5-11,13-14,16-17,19H2,1-4H3,(H,31,36)(H,33,38)/b15-12+/t22-,26+,30+/m1/s1. The number of rotatable bonds is 12. The predicted molar refractivity (Wildman–Crippen MR) is 164 cm³/mol. The van der Waals surface area contributed by atoms with Gasteiger partial charge in [0.2, 0.25) is 11.8 Å². The van der Waals surface area contributed by atoms with Crippen LogP contribution in [0.2, 0.25) is 0 Å². The number of ether oxygens (including phenoxy) is 1. The van der Waals surface area contributed by atoms with Gasteiger partial charge in [0.25, 0.3) is 0 Å². The fourth-order valence-electron chi connectivity index (χ4n) is 4.55. The van der Waals surface area contributed by atoms with Gasteiger partial charge in [0.15, 0.2) is 0 Å². The molecule has 9 nitrogen and oxygen atoms in total. The van der Waals surface area contributed by atoms with Gasteiger partial charge >= 0.3 is 5.97 Å². The Hall–Kier alpha value is -2.53. The Bertz CT molecular complexity index is 1130. The van der Waals surface area contributed by atoms with E-state index in [9.17, 15) is 19.2 Å². The lowest BCUT2D eigenvalue weighted by Gasteiger charge is -2.27. The number of Topliss-reactive ketones (excluding diaryl/α,β-unsaturated/α-hetero) is 1. The zero-order valence-electron chi connectivity index (χ0n) is 24.7. The van der Waals surface area contributed by atoms with Crippen molar-refractivity contribution in [2.24, 2.45) is 10.9 Å². The molecule has 2 aliphatic rings. The topological polar surface area (TPSA) is 127 Å². The highest BCUT2D eigenvalue weighted by Gasteiger charge is 2.41. The number of esters is 1. The molecule has 0 saturated carbocycles. The molecule has 0 spiro atoms. The number of amides is 2. The van der Waals surface area contributed by atoms with Crippen LogP contribution < -0.4 is 10.6 Å². The van der Waals surface area contributed by atoms with Crippen LogP contribution in [0.15, 0.2) is 22.5 Å². The van der Waals surface area contributed by atoms with Crippen LogP contribution in [0, 0.1) is 5.92 Å². The minimum Gasteiger partial charge on any atom is -0.456 e. The lowest BCUT2D eigenvalue weighted by atomic mass is 10.0. The lowest BCUT2D eigenvalue weighted by molar-refractivity contribution is -0.153. The number of unbranched alkanes of at least 4 members (excludes halogenated alkanes) is 5. The summed E-state index contributed by atoms with van der Waals surface area (Å²) in [6, 6.07) is -0.892. The Morgan fingerprint density at radius 1 is 1.17 bits per heavy atom. The zero-order chi connectivity index (χ0) is 29.8. The average Bonchev–Trinajstić information content (AvgIpc) is 3.56. The summed E-state index contributed by atoms with van der Waals surface area (Å²) in [5, 5.41) is 8.99. The van der Waals surface area contributed by atoms with Gasteiger partial charge in [-0.3, -0.25) is 19.4 Å². The monoisotopic (exact) mass is 604 g/mol. The molecule has 1 aromatic rings. The summed E-state index contributed by atoms with van der Waals surface area (Å²) in [7, 11) is 0. The van der Waals surface area contributed by atoms with Gasteiger partial charge in [-0.05, 0) is 38.2 Å². The third-order valence-electron chi connectivity index (χ3n) is 7.13. The maximum atomic E-state index is 13.3. The van der Waals surface area contributed by atoms with Crippen molar-refractivity contribution in [1.29, 1.82) is 0 Å². The molecule has 0 radical (unpaired) electrons. The van der Waals surface area contributed by atoms with Gasteiger partial charge in [0, 0.05) is 24.0 Å². The van der Waals surface area contributed by atoms with Crippen LogP contribution in [-0.2, 0) is 30.5 Å². The lowest BCUT2D eigenvalue weighted by Crippen LogP contribution is -2.53. The van der Waals surface area contributed by atoms with Crippen LogP contribution >= 0.6 is 23.1 Å². The number of allylic oxidation sites excluding steroid dienone is 1. The molecule has 0 fully saturated rings. The van der Waals surface area contributed by atoms with Crippen molar-refractivity contribution in [3.05, 3.63) is 28.2 Å². The number of nitrogens with one attached hydrogen (secondary N) is 2. The summed E-state index contributed by atoms with van der Waals surface area (Å²) in [5.41, 5.74) is -0.349. The van der Waals surface area contributed by atoms with Gasteiger partial charge in [-0.15, -0.1) is 23.1 Å². The predicted octanol–water partition coefficient (Wildman–Crippen LogP) is 5.12. The number of hydrogen-bond donors (Lipinski definition) is 2. The number of cyclic esters (lactones) is 1. The highest BCUT2D eigenvalue weighted by molar-refractivity contribution is 8.14. The normalized spacial score (nSPS) is 23.8. The van der Waals surface area contributed by atoms with Gasteiger partial charge in [0.1, 0.15) is 39.2 Å². The molecule has 3 rings (SSSR count). The molecule has 3 atom stereocenters. The minimum absolute atomic E-state index is 0.0593. The summed E-state index contributed by atoms with van der Waals surface area (Å²) < 4.78 is 5.78. The van der Waals surface area contributed by atoms with Crippen molar-refractivity contribution in [1.82, 2.24) is 15.6 Å². The van der Waals surface area contributed by atoms with Crippen molar-refractivity contribution < 1.29 is 23.9 Å². The second kappa shape index (κ2) is 16.2. The van der Waals surface area contributed by atoms with E-state index in [1.165, 1.54) is 42.4 Å². The van der Waals surface area contributed by atoms with Gasteiger partial charge in [0.05, 0.1) is 13.0 Å². The number of carbonyl (C=O) groups is 4. The quantitative estimate of drug-likeness (QED) is 0.193. The molecule has 3 heterocycles. The number of aliphatic imine (C=N–C) groups is 1. The fraction of sp³-hybridized carbons (Fsp3) is 0.667. The first-order valence-corrected chi connectivity index (χ1v) is 16.6. The minimum atomic E-state index is -1.03. The first-order chi connectivity index (χ1) is 19.6. The van der Waals surface area contributed by atoms with E-state index >= 15 is 0 Å². The van der Waals surface area contributed by atoms with E-state index in [0.29, 0.717) is 42.2 Å². The molecule has 2 amide bonds.